The molecule has 0 bridgehead atoms. The van der Waals surface area contributed by atoms with Gasteiger partial charge in [-0.3, -0.25) is 4.79 Å². The summed E-state index contributed by atoms with van der Waals surface area (Å²) in [6, 6.07) is 0. The van der Waals surface area contributed by atoms with Crippen molar-refractivity contribution < 1.29 is 35.4 Å². The van der Waals surface area contributed by atoms with Crippen molar-refractivity contribution in [1.29, 1.82) is 0 Å². The first kappa shape index (κ1) is 15.2. The maximum Gasteiger partial charge on any atom is 0.538 e. The van der Waals surface area contributed by atoms with Crippen LogP contribution in [0.5, 0.6) is 0 Å². The summed E-state index contributed by atoms with van der Waals surface area (Å²) in [6.45, 7) is 7.57. The predicted molar refractivity (Wildman–Crippen MR) is 46.7 cm³/mol. The minimum atomic E-state index is -5.99. The van der Waals surface area contributed by atoms with Gasteiger partial charge < -0.3 is 9.58 Å². The summed E-state index contributed by atoms with van der Waals surface area (Å²) in [6.07, 6.45) is 0. The van der Waals surface area contributed by atoms with Crippen molar-refractivity contribution in [1.82, 2.24) is 0 Å². The molecule has 0 aromatic rings. The number of alkyl halides is 3. The Morgan fingerprint density at radius 1 is 1.47 bits per heavy atom. The third-order valence-corrected chi connectivity index (χ3v) is 1.91. The van der Waals surface area contributed by atoms with Gasteiger partial charge in [0.05, 0.1) is 11.8 Å². The molecule has 0 aromatic heterocycles. The number of ether oxygens (including phenoxy) is 1. The standard InChI is InChI=1S/C6H5F3N2O5S/c1-3-15-5(12)4(10-2)11-16-17(13,14)6(7,8)9/h3H2,1H3/b11-4+. The molecule has 0 fully saturated rings. The zero-order valence-corrected chi connectivity index (χ0v) is 9.00. The lowest BCUT2D eigenvalue weighted by atomic mass is 10.6. The maximum absolute atomic E-state index is 11.8. The second-order valence-corrected chi connectivity index (χ2v) is 3.74. The van der Waals surface area contributed by atoms with E-state index in [0.29, 0.717) is 0 Å². The number of carbonyl (C=O) groups is 1. The molecule has 0 saturated carbocycles. The van der Waals surface area contributed by atoms with Crippen LogP contribution in [-0.4, -0.2) is 32.3 Å². The molecule has 0 aromatic carbocycles. The number of carbonyl (C=O) groups excluding carboxylic acids is 1. The van der Waals surface area contributed by atoms with Gasteiger partial charge in [0.25, 0.3) is 0 Å². The van der Waals surface area contributed by atoms with E-state index < -0.39 is 27.4 Å². The lowest BCUT2D eigenvalue weighted by Crippen LogP contribution is -2.25. The van der Waals surface area contributed by atoms with E-state index in [2.05, 4.69) is 19.0 Å². The van der Waals surface area contributed by atoms with E-state index in [9.17, 15) is 26.4 Å². The highest BCUT2D eigenvalue weighted by molar-refractivity contribution is 7.87. The van der Waals surface area contributed by atoms with Gasteiger partial charge in [-0.05, 0) is 6.92 Å². The molecular weight excluding hydrogens is 269 g/mol. The largest absolute Gasteiger partial charge is 0.538 e. The van der Waals surface area contributed by atoms with Crippen molar-refractivity contribution in [3.05, 3.63) is 11.4 Å². The Bertz CT molecular complexity index is 461. The van der Waals surface area contributed by atoms with Crippen LogP contribution in [-0.2, 0) is 23.9 Å². The van der Waals surface area contributed by atoms with E-state index in [-0.39, 0.29) is 6.61 Å². The lowest BCUT2D eigenvalue weighted by Gasteiger charge is -2.02. The first-order valence-electron chi connectivity index (χ1n) is 3.78. The summed E-state index contributed by atoms with van der Waals surface area (Å²) in [4.78, 5) is 13.2. The highest BCUT2D eigenvalue weighted by Crippen LogP contribution is 2.24. The number of hydrogen-bond donors (Lipinski definition) is 0. The molecule has 11 heteroatoms. The molecule has 0 rings (SSSR count). The first-order chi connectivity index (χ1) is 7.65. The number of oxime groups is 1. The number of nitrogens with zero attached hydrogens (tertiary/aromatic N) is 2. The number of hydrogen-bond acceptors (Lipinski definition) is 6. The van der Waals surface area contributed by atoms with Gasteiger partial charge >= 0.3 is 27.4 Å². The van der Waals surface area contributed by atoms with Crippen molar-refractivity contribution in [3.8, 4) is 0 Å². The Kier molecular flexibility index (Phi) is 4.89. The maximum atomic E-state index is 11.8. The van der Waals surface area contributed by atoms with Crippen LogP contribution < -0.4 is 0 Å². The fraction of sp³-hybridized carbons (Fsp3) is 0.500. The van der Waals surface area contributed by atoms with Crippen LogP contribution >= 0.6 is 0 Å². The molecule has 0 saturated heterocycles. The van der Waals surface area contributed by atoms with Crippen molar-refractivity contribution in [3.63, 3.8) is 0 Å². The number of amidine groups is 1. The molecular formula is C6H5F3N2O5S. The van der Waals surface area contributed by atoms with Crippen molar-refractivity contribution >= 4 is 21.9 Å². The second kappa shape index (κ2) is 5.48. The molecule has 0 aliphatic carbocycles. The third kappa shape index (κ3) is 4.27. The Labute approximate surface area is 93.7 Å². The van der Waals surface area contributed by atoms with Crippen LogP contribution in [0.3, 0.4) is 0 Å². The fourth-order valence-corrected chi connectivity index (χ4v) is 0.679. The van der Waals surface area contributed by atoms with E-state index in [4.69, 9.17) is 6.57 Å². The topological polar surface area (TPSA) is 86.4 Å². The van der Waals surface area contributed by atoms with Crippen molar-refractivity contribution in [2.75, 3.05) is 6.61 Å². The van der Waals surface area contributed by atoms with Crippen molar-refractivity contribution in [2.24, 2.45) is 5.16 Å². The van der Waals surface area contributed by atoms with E-state index in [1.54, 1.807) is 0 Å². The van der Waals surface area contributed by atoms with Crippen LogP contribution in [0, 0.1) is 6.57 Å². The second-order valence-electron chi connectivity index (χ2n) is 2.22. The Balaban J connectivity index is 4.95. The first-order valence-corrected chi connectivity index (χ1v) is 5.19. The highest BCUT2D eigenvalue weighted by Gasteiger charge is 2.50. The molecule has 0 radical (unpaired) electrons. The number of halogens is 3. The molecule has 96 valence electrons. The van der Waals surface area contributed by atoms with Gasteiger partial charge in [0, 0.05) is 0 Å². The highest BCUT2D eigenvalue weighted by atomic mass is 32.2. The quantitative estimate of drug-likeness (QED) is 0.188. The summed E-state index contributed by atoms with van der Waals surface area (Å²) < 4.78 is 63.3. The molecule has 7 nitrogen and oxygen atoms in total. The molecule has 0 aliphatic heterocycles. The molecule has 0 heterocycles. The number of rotatable bonds is 3. The van der Waals surface area contributed by atoms with Crippen LogP contribution in [0.25, 0.3) is 4.85 Å². The Hall–Kier alpha value is -1.83. The smallest absolute Gasteiger partial charge is 0.470 e. The van der Waals surface area contributed by atoms with Crippen LogP contribution in [0.1, 0.15) is 6.92 Å². The average molecular weight is 274 g/mol. The van der Waals surface area contributed by atoms with E-state index >= 15 is 0 Å². The zero-order valence-electron chi connectivity index (χ0n) is 8.18. The summed E-state index contributed by atoms with van der Waals surface area (Å²) in [5.74, 6) is -2.65. The van der Waals surface area contributed by atoms with E-state index in [1.807, 2.05) is 0 Å². The van der Waals surface area contributed by atoms with E-state index in [0.717, 1.165) is 0 Å². The predicted octanol–water partition coefficient (Wildman–Crippen LogP) is 0.648. The van der Waals surface area contributed by atoms with Crippen molar-refractivity contribution in [2.45, 2.75) is 12.4 Å². The molecule has 0 amide bonds. The third-order valence-electron chi connectivity index (χ3n) is 1.07. The molecule has 0 unspecified atom stereocenters. The lowest BCUT2D eigenvalue weighted by molar-refractivity contribution is -0.135. The SMILES string of the molecule is [C-]#[N+]/C(=N/OS(=O)(=O)C(F)(F)F)C(=O)OCC. The van der Waals surface area contributed by atoms with Gasteiger partial charge in [-0.1, -0.05) is 6.57 Å². The molecule has 0 N–H and O–H groups in total. The minimum Gasteiger partial charge on any atom is -0.470 e. The minimum absolute atomic E-state index is 0.167. The Morgan fingerprint density at radius 2 is 2.00 bits per heavy atom. The number of esters is 1. The summed E-state index contributed by atoms with van der Waals surface area (Å²) in [5, 5.41) is 2.28. The normalized spacial score (nSPS) is 12.8. The van der Waals surface area contributed by atoms with Gasteiger partial charge in [0.1, 0.15) is 0 Å². The van der Waals surface area contributed by atoms with Crippen LogP contribution in [0.2, 0.25) is 0 Å². The molecule has 0 aliphatic rings. The van der Waals surface area contributed by atoms with Crippen LogP contribution in [0.15, 0.2) is 5.16 Å². The van der Waals surface area contributed by atoms with Gasteiger partial charge in [-0.2, -0.15) is 25.9 Å². The fourth-order valence-electron chi connectivity index (χ4n) is 0.426. The van der Waals surface area contributed by atoms with E-state index in [1.165, 1.54) is 6.92 Å². The van der Waals surface area contributed by atoms with Gasteiger partial charge in [0.15, 0.2) is 0 Å². The summed E-state index contributed by atoms with van der Waals surface area (Å²) in [5.41, 5.74) is -5.70. The zero-order chi connectivity index (χ0) is 13.7. The average Bonchev–Trinajstić information content (AvgIpc) is 2.17. The van der Waals surface area contributed by atoms with Gasteiger partial charge in [-0.25, -0.2) is 0 Å². The van der Waals surface area contributed by atoms with Gasteiger partial charge in [0.2, 0.25) is 0 Å². The summed E-state index contributed by atoms with van der Waals surface area (Å²) >= 11 is 0. The van der Waals surface area contributed by atoms with Gasteiger partial charge in [-0.15, -0.1) is 0 Å². The molecule has 0 atom stereocenters. The summed E-state index contributed by atoms with van der Waals surface area (Å²) in [7, 11) is -5.99. The Morgan fingerprint density at radius 3 is 2.35 bits per heavy atom. The monoisotopic (exact) mass is 274 g/mol. The molecule has 0 spiro atoms. The molecule has 17 heavy (non-hydrogen) atoms. The van der Waals surface area contributed by atoms with Crippen LogP contribution in [0.4, 0.5) is 13.2 Å².